The number of esters is 1. The van der Waals surface area contributed by atoms with Gasteiger partial charge in [-0.05, 0) is 73.5 Å². The van der Waals surface area contributed by atoms with Crippen LogP contribution in [0.2, 0.25) is 5.02 Å². The molecule has 3 aromatic rings. The molecule has 0 heterocycles. The zero-order chi connectivity index (χ0) is 25.4. The highest BCUT2D eigenvalue weighted by atomic mass is 35.5. The Labute approximate surface area is 210 Å². The molecule has 0 aliphatic carbocycles. The number of aryl methyl sites for hydroxylation is 1. The maximum atomic E-state index is 13.4. The van der Waals surface area contributed by atoms with Crippen molar-refractivity contribution < 1.29 is 22.7 Å². The number of unbranched alkanes of at least 4 members (excludes halogenated alkanes) is 1. The number of nitrogens with one attached hydrogen (secondary N) is 1. The van der Waals surface area contributed by atoms with E-state index in [1.807, 2.05) is 6.92 Å². The van der Waals surface area contributed by atoms with E-state index in [2.05, 4.69) is 5.32 Å². The van der Waals surface area contributed by atoms with Gasteiger partial charge in [-0.25, -0.2) is 13.2 Å². The lowest BCUT2D eigenvalue weighted by molar-refractivity contribution is -0.114. The van der Waals surface area contributed by atoms with Gasteiger partial charge >= 0.3 is 5.97 Å². The van der Waals surface area contributed by atoms with Crippen molar-refractivity contribution in [2.24, 2.45) is 0 Å². The van der Waals surface area contributed by atoms with Gasteiger partial charge in [-0.1, -0.05) is 43.1 Å². The molecule has 0 spiro atoms. The van der Waals surface area contributed by atoms with Crippen LogP contribution < -0.4 is 9.62 Å². The lowest BCUT2D eigenvalue weighted by atomic mass is 10.2. The van der Waals surface area contributed by atoms with Gasteiger partial charge in [0.15, 0.2) is 0 Å². The largest absolute Gasteiger partial charge is 0.462 e. The van der Waals surface area contributed by atoms with Crippen molar-refractivity contribution in [2.45, 2.75) is 31.6 Å². The molecule has 0 aromatic heterocycles. The average Bonchev–Trinajstić information content (AvgIpc) is 2.84. The van der Waals surface area contributed by atoms with Crippen LogP contribution in [0.3, 0.4) is 0 Å². The molecule has 35 heavy (non-hydrogen) atoms. The Kier molecular flexibility index (Phi) is 8.89. The van der Waals surface area contributed by atoms with Crippen LogP contribution in [0.4, 0.5) is 11.4 Å². The molecule has 3 aromatic carbocycles. The lowest BCUT2D eigenvalue weighted by Gasteiger charge is -2.25. The number of rotatable bonds is 10. The molecule has 0 fully saturated rings. The first kappa shape index (κ1) is 26.2. The Morgan fingerprint density at radius 1 is 1.00 bits per heavy atom. The third-order valence-corrected chi connectivity index (χ3v) is 7.19. The Morgan fingerprint density at radius 3 is 2.31 bits per heavy atom. The summed E-state index contributed by atoms with van der Waals surface area (Å²) >= 11 is 6.06. The topological polar surface area (TPSA) is 92.8 Å². The molecule has 0 saturated carbocycles. The van der Waals surface area contributed by atoms with E-state index in [1.165, 1.54) is 12.1 Å². The normalized spacial score (nSPS) is 11.1. The van der Waals surface area contributed by atoms with E-state index in [-0.39, 0.29) is 4.90 Å². The highest BCUT2D eigenvalue weighted by Gasteiger charge is 2.28. The summed E-state index contributed by atoms with van der Waals surface area (Å²) in [6.07, 6.45) is 1.71. The number of nitrogens with zero attached hydrogens (tertiary/aromatic N) is 1. The van der Waals surface area contributed by atoms with E-state index < -0.39 is 28.4 Å². The Balaban J connectivity index is 1.80. The summed E-state index contributed by atoms with van der Waals surface area (Å²) in [5, 5.41) is 3.15. The quantitative estimate of drug-likeness (QED) is 0.287. The van der Waals surface area contributed by atoms with Gasteiger partial charge < -0.3 is 10.1 Å². The van der Waals surface area contributed by atoms with Crippen molar-refractivity contribution >= 4 is 44.9 Å². The zero-order valence-corrected chi connectivity index (χ0v) is 21.1. The maximum Gasteiger partial charge on any atom is 0.338 e. The molecule has 0 aliphatic heterocycles. The highest BCUT2D eigenvalue weighted by Crippen LogP contribution is 2.29. The fraction of sp³-hybridized carbons (Fsp3) is 0.231. The van der Waals surface area contributed by atoms with Crippen LogP contribution in [-0.4, -0.2) is 33.4 Å². The number of carbonyl (C=O) groups excluding carboxylic acids is 2. The van der Waals surface area contributed by atoms with Gasteiger partial charge in [0, 0.05) is 10.7 Å². The first-order valence-corrected chi connectivity index (χ1v) is 12.9. The molecule has 1 amide bonds. The minimum Gasteiger partial charge on any atom is -0.462 e. The second-order valence-corrected chi connectivity index (χ2v) is 10.2. The monoisotopic (exact) mass is 514 g/mol. The van der Waals surface area contributed by atoms with Crippen LogP contribution in [0, 0.1) is 6.92 Å². The molecule has 0 bridgehead atoms. The molecule has 0 unspecified atom stereocenters. The lowest BCUT2D eigenvalue weighted by Crippen LogP contribution is -2.38. The molecule has 0 aliphatic rings. The van der Waals surface area contributed by atoms with Gasteiger partial charge in [-0.2, -0.15) is 0 Å². The van der Waals surface area contributed by atoms with Crippen LogP contribution >= 0.6 is 11.6 Å². The molecular formula is C26H27ClN2O5S. The molecule has 0 atom stereocenters. The number of anilines is 2. The van der Waals surface area contributed by atoms with Crippen molar-refractivity contribution in [3.05, 3.63) is 88.9 Å². The maximum absolute atomic E-state index is 13.4. The molecule has 9 heteroatoms. The van der Waals surface area contributed by atoms with E-state index in [0.717, 1.165) is 17.1 Å². The predicted octanol–water partition coefficient (Wildman–Crippen LogP) is 5.44. The predicted molar refractivity (Wildman–Crippen MR) is 137 cm³/mol. The Bertz CT molecular complexity index is 1280. The molecule has 184 valence electrons. The van der Waals surface area contributed by atoms with Crippen molar-refractivity contribution in [1.29, 1.82) is 0 Å². The third-order valence-electron chi connectivity index (χ3n) is 5.18. The fourth-order valence-corrected chi connectivity index (χ4v) is 5.06. The van der Waals surface area contributed by atoms with E-state index >= 15 is 0 Å². The molecular weight excluding hydrogens is 488 g/mol. The van der Waals surface area contributed by atoms with Crippen LogP contribution in [0.25, 0.3) is 0 Å². The second kappa shape index (κ2) is 11.9. The van der Waals surface area contributed by atoms with Gasteiger partial charge in [0.25, 0.3) is 10.0 Å². The van der Waals surface area contributed by atoms with Gasteiger partial charge in [0.05, 0.1) is 22.8 Å². The first-order chi connectivity index (χ1) is 16.7. The number of hydrogen-bond acceptors (Lipinski definition) is 5. The number of amides is 1. The summed E-state index contributed by atoms with van der Waals surface area (Å²) in [7, 11) is -4.04. The minimum absolute atomic E-state index is 0.0630. The van der Waals surface area contributed by atoms with Crippen LogP contribution in [0.5, 0.6) is 0 Å². The average molecular weight is 515 g/mol. The van der Waals surface area contributed by atoms with Gasteiger partial charge in [-0.3, -0.25) is 9.10 Å². The minimum atomic E-state index is -4.04. The van der Waals surface area contributed by atoms with Crippen molar-refractivity contribution in [3.8, 4) is 0 Å². The van der Waals surface area contributed by atoms with Gasteiger partial charge in [-0.15, -0.1) is 0 Å². The number of sulfonamides is 1. The molecule has 3 rings (SSSR count). The molecule has 0 radical (unpaired) electrons. The van der Waals surface area contributed by atoms with E-state index in [4.69, 9.17) is 16.3 Å². The Morgan fingerprint density at radius 2 is 1.69 bits per heavy atom. The SMILES string of the molecule is CCCCOC(=O)c1ccc(NC(=O)CN(c2ccc(Cl)cc2C)S(=O)(=O)c2ccccc2)cc1. The fourth-order valence-electron chi connectivity index (χ4n) is 3.33. The first-order valence-electron chi connectivity index (χ1n) is 11.1. The summed E-state index contributed by atoms with van der Waals surface area (Å²) in [5.74, 6) is -0.980. The number of ether oxygens (including phenoxy) is 1. The summed E-state index contributed by atoms with van der Waals surface area (Å²) < 4.78 is 33.1. The summed E-state index contributed by atoms with van der Waals surface area (Å²) in [4.78, 5) is 25.0. The van der Waals surface area contributed by atoms with E-state index in [0.29, 0.717) is 34.1 Å². The number of hydrogen-bond donors (Lipinski definition) is 1. The number of halogens is 1. The van der Waals surface area contributed by atoms with Crippen LogP contribution in [0.1, 0.15) is 35.7 Å². The van der Waals surface area contributed by atoms with E-state index in [9.17, 15) is 18.0 Å². The number of carbonyl (C=O) groups is 2. The third kappa shape index (κ3) is 6.83. The molecule has 1 N–H and O–H groups in total. The summed E-state index contributed by atoms with van der Waals surface area (Å²) in [6, 6.07) is 18.9. The Hall–Kier alpha value is -3.36. The molecule has 7 nitrogen and oxygen atoms in total. The highest BCUT2D eigenvalue weighted by molar-refractivity contribution is 7.92. The van der Waals surface area contributed by atoms with Crippen LogP contribution in [-0.2, 0) is 19.6 Å². The zero-order valence-electron chi connectivity index (χ0n) is 19.5. The van der Waals surface area contributed by atoms with Crippen molar-refractivity contribution in [2.75, 3.05) is 22.8 Å². The van der Waals surface area contributed by atoms with E-state index in [1.54, 1.807) is 67.6 Å². The standard InChI is InChI=1S/C26H27ClN2O5S/c1-3-4-16-34-26(31)20-10-13-22(14-11-20)28-25(30)18-29(24-15-12-21(27)17-19(24)2)35(32,33)23-8-6-5-7-9-23/h5-15,17H,3-4,16,18H2,1-2H3,(H,28,30). The summed E-state index contributed by atoms with van der Waals surface area (Å²) in [6.45, 7) is 3.63. The number of benzene rings is 3. The van der Waals surface area contributed by atoms with Gasteiger partial charge in [0.1, 0.15) is 6.54 Å². The van der Waals surface area contributed by atoms with Gasteiger partial charge in [0.2, 0.25) is 5.91 Å². The second-order valence-electron chi connectivity index (χ2n) is 7.87. The molecule has 0 saturated heterocycles. The van der Waals surface area contributed by atoms with Crippen LogP contribution in [0.15, 0.2) is 77.7 Å². The van der Waals surface area contributed by atoms with Crippen molar-refractivity contribution in [3.63, 3.8) is 0 Å². The smallest absolute Gasteiger partial charge is 0.338 e. The van der Waals surface area contributed by atoms with Crippen molar-refractivity contribution in [1.82, 2.24) is 0 Å². The summed E-state index contributed by atoms with van der Waals surface area (Å²) in [5.41, 5.74) is 1.74.